The molecule has 0 bridgehead atoms. The van der Waals surface area contributed by atoms with Crippen molar-refractivity contribution in [1.29, 1.82) is 0 Å². The van der Waals surface area contributed by atoms with Crippen molar-refractivity contribution in [2.45, 2.75) is 25.4 Å². The Morgan fingerprint density at radius 1 is 1.36 bits per heavy atom. The molecule has 14 heavy (non-hydrogen) atoms. The Labute approximate surface area is 83.9 Å². The molecule has 0 aromatic rings. The molecular weight excluding hydrogens is 217 g/mol. The van der Waals surface area contributed by atoms with E-state index in [1.807, 2.05) is 0 Å². The Balaban J connectivity index is 2.76. The molecule has 0 amide bonds. The fraction of sp³-hybridized carbons (Fsp3) is 0.875. The van der Waals surface area contributed by atoms with Crippen LogP contribution in [0.4, 0.5) is 13.2 Å². The van der Waals surface area contributed by atoms with Gasteiger partial charge in [-0.3, -0.25) is 4.79 Å². The third-order valence-corrected chi connectivity index (χ3v) is 3.43. The van der Waals surface area contributed by atoms with Crippen LogP contribution in [-0.2, 0) is 4.79 Å². The SMILES string of the molecule is O=C(O)C1(CC(F)(F)F)CCSCC1. The van der Waals surface area contributed by atoms with Crippen molar-refractivity contribution in [2.24, 2.45) is 5.41 Å². The zero-order chi connectivity index (χ0) is 10.8. The highest BCUT2D eigenvalue weighted by atomic mass is 32.2. The molecule has 1 rings (SSSR count). The molecule has 0 spiro atoms. The Hall–Kier alpha value is -0.390. The van der Waals surface area contributed by atoms with Gasteiger partial charge in [-0.25, -0.2) is 0 Å². The second kappa shape index (κ2) is 4.00. The van der Waals surface area contributed by atoms with Gasteiger partial charge in [-0.15, -0.1) is 0 Å². The van der Waals surface area contributed by atoms with Gasteiger partial charge in [0.1, 0.15) is 0 Å². The van der Waals surface area contributed by atoms with Crippen LogP contribution in [0, 0.1) is 5.41 Å². The van der Waals surface area contributed by atoms with Gasteiger partial charge in [-0.05, 0) is 24.3 Å². The Bertz CT molecular complexity index is 221. The van der Waals surface area contributed by atoms with E-state index >= 15 is 0 Å². The van der Waals surface area contributed by atoms with Crippen molar-refractivity contribution in [2.75, 3.05) is 11.5 Å². The van der Waals surface area contributed by atoms with Crippen LogP contribution in [0.1, 0.15) is 19.3 Å². The number of hydrogen-bond acceptors (Lipinski definition) is 2. The minimum atomic E-state index is -4.39. The maximum atomic E-state index is 12.2. The zero-order valence-electron chi connectivity index (χ0n) is 7.43. The number of hydrogen-bond donors (Lipinski definition) is 1. The second-order valence-corrected chi connectivity index (χ2v) is 4.71. The Kier molecular flexibility index (Phi) is 3.34. The van der Waals surface area contributed by atoms with E-state index in [1.54, 1.807) is 0 Å². The van der Waals surface area contributed by atoms with E-state index < -0.39 is 24.0 Å². The predicted molar refractivity (Wildman–Crippen MR) is 47.3 cm³/mol. The van der Waals surface area contributed by atoms with Crippen molar-refractivity contribution < 1.29 is 23.1 Å². The number of aliphatic carboxylic acids is 1. The average molecular weight is 228 g/mol. The molecule has 1 fully saturated rings. The van der Waals surface area contributed by atoms with Crippen LogP contribution in [0.3, 0.4) is 0 Å². The zero-order valence-corrected chi connectivity index (χ0v) is 8.25. The molecule has 0 radical (unpaired) electrons. The fourth-order valence-corrected chi connectivity index (χ4v) is 2.89. The van der Waals surface area contributed by atoms with E-state index in [-0.39, 0.29) is 12.8 Å². The summed E-state index contributed by atoms with van der Waals surface area (Å²) in [6.07, 6.45) is -5.35. The normalized spacial score (nSPS) is 21.9. The van der Waals surface area contributed by atoms with Crippen LogP contribution >= 0.6 is 11.8 Å². The maximum absolute atomic E-state index is 12.2. The molecule has 0 atom stereocenters. The van der Waals surface area contributed by atoms with E-state index in [4.69, 9.17) is 5.11 Å². The Morgan fingerprint density at radius 2 is 1.86 bits per heavy atom. The first-order chi connectivity index (χ1) is 6.36. The number of rotatable bonds is 2. The summed E-state index contributed by atoms with van der Waals surface area (Å²) in [7, 11) is 0. The number of thioether (sulfide) groups is 1. The highest BCUT2D eigenvalue weighted by Crippen LogP contribution is 2.43. The van der Waals surface area contributed by atoms with Gasteiger partial charge in [0, 0.05) is 0 Å². The van der Waals surface area contributed by atoms with Crippen LogP contribution in [0.25, 0.3) is 0 Å². The highest BCUT2D eigenvalue weighted by Gasteiger charge is 2.48. The summed E-state index contributed by atoms with van der Waals surface area (Å²) in [5, 5.41) is 8.84. The summed E-state index contributed by atoms with van der Waals surface area (Å²) in [5.74, 6) is -0.305. The van der Waals surface area contributed by atoms with E-state index in [9.17, 15) is 18.0 Å². The molecule has 2 nitrogen and oxygen atoms in total. The first-order valence-corrected chi connectivity index (χ1v) is 5.39. The fourth-order valence-electron chi connectivity index (χ4n) is 1.61. The standard InChI is InChI=1S/C8H11F3O2S/c9-8(10,11)5-7(6(12)13)1-3-14-4-2-7/h1-5H2,(H,12,13). The van der Waals surface area contributed by atoms with Crippen molar-refractivity contribution in [3.8, 4) is 0 Å². The predicted octanol–water partition coefficient (Wildman–Crippen LogP) is 2.54. The van der Waals surface area contributed by atoms with Crippen molar-refractivity contribution in [3.63, 3.8) is 0 Å². The van der Waals surface area contributed by atoms with Gasteiger partial charge in [0.15, 0.2) is 0 Å². The van der Waals surface area contributed by atoms with E-state index in [0.717, 1.165) is 0 Å². The summed E-state index contributed by atoms with van der Waals surface area (Å²) >= 11 is 1.51. The molecule has 1 saturated heterocycles. The van der Waals surface area contributed by atoms with E-state index in [2.05, 4.69) is 0 Å². The minimum Gasteiger partial charge on any atom is -0.481 e. The molecule has 6 heteroatoms. The lowest BCUT2D eigenvalue weighted by atomic mass is 9.78. The van der Waals surface area contributed by atoms with Crippen LogP contribution in [0.5, 0.6) is 0 Å². The van der Waals surface area contributed by atoms with Crippen LogP contribution in [0.2, 0.25) is 0 Å². The molecule has 1 aliphatic rings. The Morgan fingerprint density at radius 3 is 2.21 bits per heavy atom. The lowest BCUT2D eigenvalue weighted by Crippen LogP contribution is -2.39. The molecule has 0 saturated carbocycles. The van der Waals surface area contributed by atoms with Crippen molar-refractivity contribution in [1.82, 2.24) is 0 Å². The molecule has 0 aliphatic carbocycles. The third-order valence-electron chi connectivity index (χ3n) is 2.44. The number of halogens is 3. The third kappa shape index (κ3) is 2.80. The molecule has 0 unspecified atom stereocenters. The smallest absolute Gasteiger partial charge is 0.390 e. The van der Waals surface area contributed by atoms with Gasteiger partial charge in [0.25, 0.3) is 0 Å². The average Bonchev–Trinajstić information content (AvgIpc) is 2.02. The van der Waals surface area contributed by atoms with E-state index in [1.165, 1.54) is 11.8 Å². The lowest BCUT2D eigenvalue weighted by molar-refractivity contribution is -0.179. The van der Waals surface area contributed by atoms with Gasteiger partial charge in [-0.1, -0.05) is 0 Å². The summed E-state index contributed by atoms with van der Waals surface area (Å²) in [6.45, 7) is 0. The first kappa shape index (κ1) is 11.7. The number of alkyl halides is 3. The largest absolute Gasteiger partial charge is 0.481 e. The van der Waals surface area contributed by atoms with Gasteiger partial charge in [-0.2, -0.15) is 24.9 Å². The quantitative estimate of drug-likeness (QED) is 0.789. The summed E-state index contributed by atoms with van der Waals surface area (Å²) in [6, 6.07) is 0. The van der Waals surface area contributed by atoms with Crippen LogP contribution < -0.4 is 0 Å². The van der Waals surface area contributed by atoms with Gasteiger partial charge in [0.05, 0.1) is 11.8 Å². The summed E-state index contributed by atoms with van der Waals surface area (Å²) in [5.41, 5.74) is -1.57. The molecule has 1 heterocycles. The highest BCUT2D eigenvalue weighted by molar-refractivity contribution is 7.99. The van der Waals surface area contributed by atoms with Gasteiger partial charge >= 0.3 is 12.1 Å². The topological polar surface area (TPSA) is 37.3 Å². The minimum absolute atomic E-state index is 0.118. The second-order valence-electron chi connectivity index (χ2n) is 3.49. The van der Waals surface area contributed by atoms with Crippen molar-refractivity contribution in [3.05, 3.63) is 0 Å². The van der Waals surface area contributed by atoms with Crippen LogP contribution in [0.15, 0.2) is 0 Å². The maximum Gasteiger partial charge on any atom is 0.390 e. The van der Waals surface area contributed by atoms with Gasteiger partial charge < -0.3 is 5.11 Å². The van der Waals surface area contributed by atoms with Crippen LogP contribution in [-0.4, -0.2) is 28.8 Å². The molecular formula is C8H11F3O2S. The summed E-state index contributed by atoms with van der Waals surface area (Å²) in [4.78, 5) is 10.8. The molecule has 0 aromatic heterocycles. The summed E-state index contributed by atoms with van der Waals surface area (Å²) < 4.78 is 36.5. The van der Waals surface area contributed by atoms with E-state index in [0.29, 0.717) is 11.5 Å². The number of carboxylic acid groups (broad SMARTS) is 1. The lowest BCUT2D eigenvalue weighted by Gasteiger charge is -2.33. The molecule has 1 aliphatic heterocycles. The monoisotopic (exact) mass is 228 g/mol. The first-order valence-electron chi connectivity index (χ1n) is 4.24. The molecule has 1 N–H and O–H groups in total. The van der Waals surface area contributed by atoms with Crippen molar-refractivity contribution >= 4 is 17.7 Å². The van der Waals surface area contributed by atoms with Gasteiger partial charge in [0.2, 0.25) is 0 Å². The number of carbonyl (C=O) groups is 1. The molecule has 0 aromatic carbocycles. The number of carboxylic acids is 1. The molecule has 82 valence electrons.